The molecule has 0 aliphatic rings. The summed E-state index contributed by atoms with van der Waals surface area (Å²) in [5.41, 5.74) is 1.30. The van der Waals surface area contributed by atoms with Crippen LogP contribution < -0.4 is 4.90 Å². The lowest BCUT2D eigenvalue weighted by molar-refractivity contribution is 0.275. The van der Waals surface area contributed by atoms with Gasteiger partial charge >= 0.3 is 0 Å². The molecular formula is C14H14BrFN2O. The molecule has 0 unspecified atom stereocenters. The van der Waals surface area contributed by atoms with E-state index in [1.54, 1.807) is 11.9 Å². The molecule has 0 saturated carbocycles. The van der Waals surface area contributed by atoms with E-state index in [1.165, 1.54) is 12.3 Å². The average molecular weight is 325 g/mol. The highest BCUT2D eigenvalue weighted by atomic mass is 79.9. The van der Waals surface area contributed by atoms with Gasteiger partial charge < -0.3 is 10.0 Å². The van der Waals surface area contributed by atoms with Crippen LogP contribution >= 0.6 is 15.9 Å². The number of halogens is 2. The first-order valence-corrected chi connectivity index (χ1v) is 6.61. The van der Waals surface area contributed by atoms with E-state index in [9.17, 15) is 4.39 Å². The summed E-state index contributed by atoms with van der Waals surface area (Å²) >= 11 is 3.40. The van der Waals surface area contributed by atoms with Crippen LogP contribution in [0.1, 0.15) is 11.1 Å². The number of anilines is 1. The van der Waals surface area contributed by atoms with Gasteiger partial charge in [-0.05, 0) is 23.8 Å². The van der Waals surface area contributed by atoms with E-state index in [0.717, 1.165) is 10.0 Å². The van der Waals surface area contributed by atoms with E-state index in [-0.39, 0.29) is 18.0 Å². The Bertz CT molecular complexity index is 577. The Morgan fingerprint density at radius 1 is 1.37 bits per heavy atom. The number of pyridine rings is 1. The molecule has 1 N–H and O–H groups in total. The van der Waals surface area contributed by atoms with Crippen LogP contribution in [0.5, 0.6) is 0 Å². The summed E-state index contributed by atoms with van der Waals surface area (Å²) < 4.78 is 15.0. The topological polar surface area (TPSA) is 36.4 Å². The van der Waals surface area contributed by atoms with Crippen LogP contribution in [0.4, 0.5) is 10.2 Å². The Morgan fingerprint density at radius 2 is 2.16 bits per heavy atom. The SMILES string of the molecule is CN(Cc1cccc(Br)c1)c1nccc(CO)c1F. The van der Waals surface area contributed by atoms with Crippen molar-refractivity contribution in [3.63, 3.8) is 0 Å². The van der Waals surface area contributed by atoms with Gasteiger partial charge in [-0.3, -0.25) is 0 Å². The maximum atomic E-state index is 14.0. The maximum Gasteiger partial charge on any atom is 0.171 e. The lowest BCUT2D eigenvalue weighted by Gasteiger charge is -2.19. The molecule has 0 spiro atoms. The molecule has 1 aromatic carbocycles. The molecule has 0 saturated heterocycles. The Kier molecular flexibility index (Phi) is 4.50. The molecule has 5 heteroatoms. The number of benzene rings is 1. The Hall–Kier alpha value is -1.46. The fraction of sp³-hybridized carbons (Fsp3) is 0.214. The van der Waals surface area contributed by atoms with E-state index >= 15 is 0 Å². The zero-order chi connectivity index (χ0) is 13.8. The Balaban J connectivity index is 2.23. The minimum absolute atomic E-state index is 0.242. The van der Waals surface area contributed by atoms with E-state index in [2.05, 4.69) is 20.9 Å². The summed E-state index contributed by atoms with van der Waals surface area (Å²) in [6.45, 7) is 0.213. The lowest BCUT2D eigenvalue weighted by atomic mass is 10.2. The van der Waals surface area contributed by atoms with E-state index in [1.807, 2.05) is 24.3 Å². The van der Waals surface area contributed by atoms with Crippen LogP contribution in [0.15, 0.2) is 41.0 Å². The summed E-state index contributed by atoms with van der Waals surface area (Å²) in [4.78, 5) is 5.75. The van der Waals surface area contributed by atoms with Gasteiger partial charge in [-0.1, -0.05) is 28.1 Å². The molecule has 0 fully saturated rings. The van der Waals surface area contributed by atoms with Crippen molar-refractivity contribution in [3.05, 3.63) is 57.9 Å². The number of aliphatic hydroxyl groups excluding tert-OH is 1. The third-order valence-corrected chi connectivity index (χ3v) is 3.28. The summed E-state index contributed by atoms with van der Waals surface area (Å²) in [6.07, 6.45) is 1.50. The fourth-order valence-corrected chi connectivity index (χ4v) is 2.29. The third-order valence-electron chi connectivity index (χ3n) is 2.79. The molecule has 19 heavy (non-hydrogen) atoms. The van der Waals surface area contributed by atoms with Gasteiger partial charge in [0.05, 0.1) is 6.61 Å². The summed E-state index contributed by atoms with van der Waals surface area (Å²) in [5, 5.41) is 9.06. The molecule has 0 radical (unpaired) electrons. The fourth-order valence-electron chi connectivity index (χ4n) is 1.84. The summed E-state index contributed by atoms with van der Waals surface area (Å²) in [6, 6.07) is 9.29. The van der Waals surface area contributed by atoms with Gasteiger partial charge in [0.2, 0.25) is 0 Å². The maximum absolute atomic E-state index is 14.0. The first-order chi connectivity index (χ1) is 9.11. The second-order valence-corrected chi connectivity index (χ2v) is 5.17. The van der Waals surface area contributed by atoms with Crippen molar-refractivity contribution in [2.75, 3.05) is 11.9 Å². The number of aliphatic hydroxyl groups is 1. The molecule has 1 heterocycles. The van der Waals surface area contributed by atoms with E-state index in [4.69, 9.17) is 5.11 Å². The highest BCUT2D eigenvalue weighted by Crippen LogP contribution is 2.21. The third kappa shape index (κ3) is 3.30. The number of aromatic nitrogens is 1. The first-order valence-electron chi connectivity index (χ1n) is 5.81. The zero-order valence-electron chi connectivity index (χ0n) is 10.5. The van der Waals surface area contributed by atoms with Gasteiger partial charge in [0.25, 0.3) is 0 Å². The highest BCUT2D eigenvalue weighted by molar-refractivity contribution is 9.10. The molecule has 0 amide bonds. The molecule has 0 aliphatic heterocycles. The summed E-state index contributed by atoms with van der Waals surface area (Å²) in [7, 11) is 1.77. The Labute approximate surface area is 119 Å². The molecule has 1 aromatic heterocycles. The van der Waals surface area contributed by atoms with Crippen LogP contribution in [0.3, 0.4) is 0 Å². The largest absolute Gasteiger partial charge is 0.392 e. The van der Waals surface area contributed by atoms with Crippen LogP contribution in [-0.2, 0) is 13.2 Å². The summed E-state index contributed by atoms with van der Waals surface area (Å²) in [5.74, 6) is -0.228. The first kappa shape index (κ1) is 14.0. The number of rotatable bonds is 4. The smallest absolute Gasteiger partial charge is 0.171 e. The minimum atomic E-state index is -0.470. The van der Waals surface area contributed by atoms with Crippen LogP contribution in [-0.4, -0.2) is 17.1 Å². The van der Waals surface area contributed by atoms with Crippen molar-refractivity contribution >= 4 is 21.7 Å². The van der Waals surface area contributed by atoms with Gasteiger partial charge in [-0.2, -0.15) is 0 Å². The molecule has 0 atom stereocenters. The number of nitrogens with zero attached hydrogens (tertiary/aromatic N) is 2. The van der Waals surface area contributed by atoms with Gasteiger partial charge in [-0.15, -0.1) is 0 Å². The number of hydrogen-bond donors (Lipinski definition) is 1. The van der Waals surface area contributed by atoms with Crippen molar-refractivity contribution in [3.8, 4) is 0 Å². The second-order valence-electron chi connectivity index (χ2n) is 4.25. The lowest BCUT2D eigenvalue weighted by Crippen LogP contribution is -2.19. The molecular weight excluding hydrogens is 311 g/mol. The van der Waals surface area contributed by atoms with Gasteiger partial charge in [0, 0.05) is 29.8 Å². The van der Waals surface area contributed by atoms with Gasteiger partial charge in [0.1, 0.15) is 0 Å². The van der Waals surface area contributed by atoms with Crippen molar-refractivity contribution < 1.29 is 9.50 Å². The molecule has 100 valence electrons. The highest BCUT2D eigenvalue weighted by Gasteiger charge is 2.13. The predicted molar refractivity (Wildman–Crippen MR) is 76.4 cm³/mol. The van der Waals surface area contributed by atoms with Crippen LogP contribution in [0.25, 0.3) is 0 Å². The van der Waals surface area contributed by atoms with E-state index < -0.39 is 5.82 Å². The zero-order valence-corrected chi connectivity index (χ0v) is 12.1. The van der Waals surface area contributed by atoms with Crippen molar-refractivity contribution in [2.45, 2.75) is 13.2 Å². The molecule has 0 bridgehead atoms. The van der Waals surface area contributed by atoms with Gasteiger partial charge in [-0.25, -0.2) is 9.37 Å². The van der Waals surface area contributed by atoms with Gasteiger partial charge in [0.15, 0.2) is 11.6 Å². The second kappa shape index (κ2) is 6.12. The van der Waals surface area contributed by atoms with Crippen LogP contribution in [0.2, 0.25) is 0 Å². The predicted octanol–water partition coefficient (Wildman–Crippen LogP) is 3.11. The minimum Gasteiger partial charge on any atom is -0.392 e. The monoisotopic (exact) mass is 324 g/mol. The van der Waals surface area contributed by atoms with Crippen molar-refractivity contribution in [2.24, 2.45) is 0 Å². The van der Waals surface area contributed by atoms with E-state index in [0.29, 0.717) is 6.54 Å². The average Bonchev–Trinajstić information content (AvgIpc) is 2.39. The molecule has 3 nitrogen and oxygen atoms in total. The van der Waals surface area contributed by atoms with Crippen molar-refractivity contribution in [1.82, 2.24) is 4.98 Å². The quantitative estimate of drug-likeness (QED) is 0.938. The number of hydrogen-bond acceptors (Lipinski definition) is 3. The standard InChI is InChI=1S/C14H14BrFN2O/c1-18(8-10-3-2-4-12(15)7-10)14-13(16)11(9-19)5-6-17-14/h2-7,19H,8-9H2,1H3. The van der Waals surface area contributed by atoms with Crippen molar-refractivity contribution in [1.29, 1.82) is 0 Å². The molecule has 2 aromatic rings. The Morgan fingerprint density at radius 3 is 2.84 bits per heavy atom. The molecule has 2 rings (SSSR count). The normalized spacial score (nSPS) is 10.5. The van der Waals surface area contributed by atoms with Crippen LogP contribution in [0, 0.1) is 5.82 Å². The molecule has 0 aliphatic carbocycles.